The van der Waals surface area contributed by atoms with Gasteiger partial charge < -0.3 is 15.0 Å². The van der Waals surface area contributed by atoms with Crippen LogP contribution in [0.15, 0.2) is 72.2 Å². The van der Waals surface area contributed by atoms with Crippen molar-refractivity contribution in [3.63, 3.8) is 0 Å². The van der Waals surface area contributed by atoms with Crippen molar-refractivity contribution in [1.82, 2.24) is 10.3 Å². The van der Waals surface area contributed by atoms with E-state index in [4.69, 9.17) is 4.74 Å². The zero-order valence-electron chi connectivity index (χ0n) is 15.5. The van der Waals surface area contributed by atoms with Gasteiger partial charge in [0.1, 0.15) is 12.4 Å². The summed E-state index contributed by atoms with van der Waals surface area (Å²) in [6.07, 6.45) is 3.26. The van der Waals surface area contributed by atoms with E-state index in [9.17, 15) is 4.79 Å². The van der Waals surface area contributed by atoms with E-state index in [1.54, 1.807) is 11.3 Å². The molecule has 0 aliphatic carbocycles. The molecule has 0 spiro atoms. The number of thiophene rings is 1. The highest BCUT2D eigenvalue weighted by molar-refractivity contribution is 7.10. The number of H-pyrrole nitrogens is 1. The Bertz CT molecular complexity index is 1040. The Kier molecular flexibility index (Phi) is 5.73. The summed E-state index contributed by atoms with van der Waals surface area (Å²) < 4.78 is 5.90. The predicted molar refractivity (Wildman–Crippen MR) is 114 cm³/mol. The van der Waals surface area contributed by atoms with Gasteiger partial charge in [-0.2, -0.15) is 0 Å². The van der Waals surface area contributed by atoms with Crippen LogP contribution in [0.1, 0.15) is 16.0 Å². The number of aromatic nitrogens is 1. The number of ether oxygens (including phenoxy) is 1. The van der Waals surface area contributed by atoms with Gasteiger partial charge in [0, 0.05) is 34.6 Å². The van der Waals surface area contributed by atoms with E-state index in [2.05, 4.69) is 28.5 Å². The molecule has 2 aromatic carbocycles. The quantitative estimate of drug-likeness (QED) is 0.458. The molecule has 0 bridgehead atoms. The van der Waals surface area contributed by atoms with Crippen LogP contribution in [0.2, 0.25) is 0 Å². The third kappa shape index (κ3) is 4.61. The molecule has 0 fully saturated rings. The van der Waals surface area contributed by atoms with Crippen LogP contribution in [-0.4, -0.2) is 17.4 Å². The van der Waals surface area contributed by atoms with Gasteiger partial charge in [-0.15, -0.1) is 11.3 Å². The number of benzene rings is 2. The fourth-order valence-electron chi connectivity index (χ4n) is 3.17. The second-order valence-corrected chi connectivity index (χ2v) is 7.68. The van der Waals surface area contributed by atoms with Crippen LogP contribution in [0, 0.1) is 0 Å². The monoisotopic (exact) mass is 390 g/mol. The van der Waals surface area contributed by atoms with E-state index >= 15 is 0 Å². The number of amides is 1. The van der Waals surface area contributed by atoms with Crippen LogP contribution in [0.25, 0.3) is 10.9 Å². The highest BCUT2D eigenvalue weighted by Crippen LogP contribution is 2.24. The fraction of sp³-hybridized carbons (Fsp3) is 0.174. The van der Waals surface area contributed by atoms with Crippen LogP contribution in [0.3, 0.4) is 0 Å². The van der Waals surface area contributed by atoms with Crippen molar-refractivity contribution in [2.45, 2.75) is 19.4 Å². The van der Waals surface area contributed by atoms with E-state index in [0.717, 1.165) is 28.1 Å². The average molecular weight is 391 g/mol. The summed E-state index contributed by atoms with van der Waals surface area (Å²) in [5.74, 6) is 0.910. The lowest BCUT2D eigenvalue weighted by atomic mass is 10.1. The highest BCUT2D eigenvalue weighted by atomic mass is 32.1. The summed E-state index contributed by atoms with van der Waals surface area (Å²) in [4.78, 5) is 16.4. The van der Waals surface area contributed by atoms with Gasteiger partial charge in [-0.25, -0.2) is 0 Å². The third-order valence-electron chi connectivity index (χ3n) is 4.62. The predicted octanol–water partition coefficient (Wildman–Crippen LogP) is 4.71. The van der Waals surface area contributed by atoms with Crippen molar-refractivity contribution in [3.8, 4) is 5.75 Å². The number of hydrogen-bond donors (Lipinski definition) is 2. The summed E-state index contributed by atoms with van der Waals surface area (Å²) in [6, 6.07) is 20.2. The maximum Gasteiger partial charge on any atom is 0.225 e. The van der Waals surface area contributed by atoms with E-state index in [-0.39, 0.29) is 5.91 Å². The van der Waals surface area contributed by atoms with Gasteiger partial charge in [-0.3, -0.25) is 4.79 Å². The molecule has 0 radical (unpaired) electrons. The van der Waals surface area contributed by atoms with Gasteiger partial charge in [0.05, 0.1) is 6.42 Å². The molecule has 28 heavy (non-hydrogen) atoms. The van der Waals surface area contributed by atoms with Crippen LogP contribution in [0.4, 0.5) is 0 Å². The van der Waals surface area contributed by atoms with Crippen molar-refractivity contribution < 1.29 is 9.53 Å². The molecule has 0 atom stereocenters. The van der Waals surface area contributed by atoms with E-state index in [0.29, 0.717) is 19.6 Å². The SMILES string of the molecule is O=C(Cc1cccs1)NCCc1c[nH]c2cc(OCc3ccccc3)ccc12. The van der Waals surface area contributed by atoms with Gasteiger partial charge >= 0.3 is 0 Å². The molecule has 0 saturated heterocycles. The van der Waals surface area contributed by atoms with Crippen molar-refractivity contribution >= 4 is 28.1 Å². The number of carbonyl (C=O) groups is 1. The molecule has 0 aliphatic heterocycles. The molecule has 5 heteroatoms. The van der Waals surface area contributed by atoms with Crippen molar-refractivity contribution in [2.24, 2.45) is 0 Å². The Hall–Kier alpha value is -3.05. The maximum absolute atomic E-state index is 12.0. The zero-order chi connectivity index (χ0) is 19.2. The number of hydrogen-bond acceptors (Lipinski definition) is 3. The van der Waals surface area contributed by atoms with E-state index < -0.39 is 0 Å². The number of rotatable bonds is 8. The molecule has 4 rings (SSSR count). The number of aromatic amines is 1. The van der Waals surface area contributed by atoms with Gasteiger partial charge in [0.2, 0.25) is 5.91 Å². The summed E-state index contributed by atoms with van der Waals surface area (Å²) >= 11 is 1.61. The molecule has 2 heterocycles. The summed E-state index contributed by atoms with van der Waals surface area (Å²) in [5, 5.41) is 6.16. The van der Waals surface area contributed by atoms with E-state index in [1.165, 1.54) is 10.9 Å². The minimum absolute atomic E-state index is 0.0684. The average Bonchev–Trinajstić information content (AvgIpc) is 3.37. The summed E-state index contributed by atoms with van der Waals surface area (Å²) in [5.41, 5.74) is 3.39. The lowest BCUT2D eigenvalue weighted by Gasteiger charge is -2.07. The lowest BCUT2D eigenvalue weighted by Crippen LogP contribution is -2.26. The molecule has 1 amide bonds. The summed E-state index contributed by atoms with van der Waals surface area (Å²) in [7, 11) is 0. The minimum Gasteiger partial charge on any atom is -0.489 e. The Balaban J connectivity index is 1.32. The Morgan fingerprint density at radius 2 is 1.96 bits per heavy atom. The fourth-order valence-corrected chi connectivity index (χ4v) is 3.88. The molecule has 4 aromatic rings. The largest absolute Gasteiger partial charge is 0.489 e. The molecule has 0 saturated carbocycles. The highest BCUT2D eigenvalue weighted by Gasteiger charge is 2.07. The normalized spacial score (nSPS) is 10.9. The third-order valence-corrected chi connectivity index (χ3v) is 5.49. The molecule has 142 valence electrons. The zero-order valence-corrected chi connectivity index (χ0v) is 16.3. The standard InChI is InChI=1S/C23H22N2O2S/c26-23(14-20-7-4-12-28-20)24-11-10-18-15-25-22-13-19(8-9-21(18)22)27-16-17-5-2-1-3-6-17/h1-9,12-13,15,25H,10-11,14,16H2,(H,24,26). The number of nitrogens with one attached hydrogen (secondary N) is 2. The maximum atomic E-state index is 12.0. The molecule has 0 aliphatic rings. The van der Waals surface area contributed by atoms with Crippen LogP contribution in [0.5, 0.6) is 5.75 Å². The minimum atomic E-state index is 0.0684. The first kappa shape index (κ1) is 18.3. The van der Waals surface area contributed by atoms with Crippen LogP contribution in [-0.2, 0) is 24.2 Å². The summed E-state index contributed by atoms with van der Waals surface area (Å²) in [6.45, 7) is 1.18. The van der Waals surface area contributed by atoms with E-state index in [1.807, 2.05) is 54.0 Å². The Labute approximate surface area is 168 Å². The molecular formula is C23H22N2O2S. The number of fused-ring (bicyclic) bond motifs is 1. The molecule has 2 aromatic heterocycles. The first-order valence-electron chi connectivity index (χ1n) is 9.34. The van der Waals surface area contributed by atoms with Crippen LogP contribution < -0.4 is 10.1 Å². The molecule has 0 unspecified atom stereocenters. The van der Waals surface area contributed by atoms with Gasteiger partial charge in [0.15, 0.2) is 0 Å². The van der Waals surface area contributed by atoms with Gasteiger partial charge in [-0.05, 0) is 41.1 Å². The molecular weight excluding hydrogens is 368 g/mol. The van der Waals surface area contributed by atoms with Gasteiger partial charge in [-0.1, -0.05) is 36.4 Å². The topological polar surface area (TPSA) is 54.1 Å². The van der Waals surface area contributed by atoms with Crippen LogP contribution >= 0.6 is 11.3 Å². The second kappa shape index (κ2) is 8.76. The Morgan fingerprint density at radius 1 is 1.07 bits per heavy atom. The lowest BCUT2D eigenvalue weighted by molar-refractivity contribution is -0.120. The number of carbonyl (C=O) groups excluding carboxylic acids is 1. The van der Waals surface area contributed by atoms with Crippen molar-refractivity contribution in [2.75, 3.05) is 6.54 Å². The first-order valence-corrected chi connectivity index (χ1v) is 10.2. The smallest absolute Gasteiger partial charge is 0.225 e. The first-order chi connectivity index (χ1) is 13.8. The van der Waals surface area contributed by atoms with Gasteiger partial charge in [0.25, 0.3) is 0 Å². The van der Waals surface area contributed by atoms with Crippen molar-refractivity contribution in [3.05, 3.63) is 88.2 Å². The van der Waals surface area contributed by atoms with Crippen molar-refractivity contribution in [1.29, 1.82) is 0 Å². The molecule has 4 nitrogen and oxygen atoms in total. The Morgan fingerprint density at radius 3 is 2.79 bits per heavy atom. The second-order valence-electron chi connectivity index (χ2n) is 6.65. The molecule has 2 N–H and O–H groups in total.